The van der Waals surface area contributed by atoms with Crippen LogP contribution in [0.1, 0.15) is 24.2 Å². The van der Waals surface area contributed by atoms with Crippen LogP contribution in [0, 0.1) is 0 Å². The van der Waals surface area contributed by atoms with E-state index < -0.39 is 0 Å². The van der Waals surface area contributed by atoms with Crippen molar-refractivity contribution in [1.29, 1.82) is 0 Å². The maximum atomic E-state index is 5.53. The molecule has 15 heavy (non-hydrogen) atoms. The van der Waals surface area contributed by atoms with Crippen molar-refractivity contribution in [2.75, 3.05) is 0 Å². The summed E-state index contributed by atoms with van der Waals surface area (Å²) in [5.41, 5.74) is 7.73. The molecule has 1 aromatic carbocycles. The van der Waals surface area contributed by atoms with Crippen LogP contribution in [0.25, 0.3) is 0 Å². The van der Waals surface area contributed by atoms with Gasteiger partial charge in [-0.3, -0.25) is 0 Å². The zero-order valence-corrected chi connectivity index (χ0v) is 8.80. The van der Waals surface area contributed by atoms with E-state index in [1.807, 2.05) is 30.7 Å². The lowest BCUT2D eigenvalue weighted by molar-refractivity contribution is 0.638. The Hall–Kier alpha value is -1.61. The van der Waals surface area contributed by atoms with E-state index in [0.717, 1.165) is 5.69 Å². The average molecular weight is 201 g/mol. The van der Waals surface area contributed by atoms with Gasteiger partial charge in [0, 0.05) is 12.7 Å². The summed E-state index contributed by atoms with van der Waals surface area (Å²) in [5.74, 6) is 0. The minimum absolute atomic E-state index is 0.305. The summed E-state index contributed by atoms with van der Waals surface area (Å²) in [5, 5.41) is 0. The van der Waals surface area contributed by atoms with Gasteiger partial charge in [0.25, 0.3) is 0 Å². The van der Waals surface area contributed by atoms with Crippen LogP contribution < -0.4 is 5.73 Å². The summed E-state index contributed by atoms with van der Waals surface area (Å²) < 4.78 is 2.08. The van der Waals surface area contributed by atoms with Gasteiger partial charge in [0.2, 0.25) is 0 Å². The number of imidazole rings is 1. The quantitative estimate of drug-likeness (QED) is 0.824. The lowest BCUT2D eigenvalue weighted by Crippen LogP contribution is -2.04. The Morgan fingerprint density at radius 1 is 1.33 bits per heavy atom. The first kappa shape index (κ1) is 9.93. The van der Waals surface area contributed by atoms with Crippen molar-refractivity contribution >= 4 is 0 Å². The first-order chi connectivity index (χ1) is 7.31. The van der Waals surface area contributed by atoms with Gasteiger partial charge in [-0.2, -0.15) is 0 Å². The van der Waals surface area contributed by atoms with Crippen molar-refractivity contribution < 1.29 is 0 Å². The van der Waals surface area contributed by atoms with Crippen LogP contribution in [0.5, 0.6) is 0 Å². The molecule has 1 unspecified atom stereocenters. The van der Waals surface area contributed by atoms with Crippen LogP contribution >= 0.6 is 0 Å². The average Bonchev–Trinajstić information content (AvgIpc) is 2.78. The van der Waals surface area contributed by atoms with Crippen molar-refractivity contribution in [2.45, 2.75) is 19.5 Å². The smallest absolute Gasteiger partial charge is 0.0955 e. The van der Waals surface area contributed by atoms with Gasteiger partial charge >= 0.3 is 0 Å². The molecule has 1 heterocycles. The summed E-state index contributed by atoms with van der Waals surface area (Å²) >= 11 is 0. The molecule has 0 bridgehead atoms. The third-order valence-electron chi connectivity index (χ3n) is 2.59. The summed E-state index contributed by atoms with van der Waals surface area (Å²) in [6, 6.07) is 10.7. The van der Waals surface area contributed by atoms with Gasteiger partial charge in [0.05, 0.1) is 18.1 Å². The predicted octanol–water partition coefficient (Wildman–Crippen LogP) is 1.95. The van der Waals surface area contributed by atoms with E-state index in [4.69, 9.17) is 5.73 Å². The maximum absolute atomic E-state index is 5.53. The minimum atomic E-state index is 0.305. The number of nitrogens with two attached hydrogens (primary N) is 1. The third kappa shape index (κ3) is 2.07. The largest absolute Gasteiger partial charge is 0.330 e. The van der Waals surface area contributed by atoms with Crippen molar-refractivity contribution in [2.24, 2.45) is 5.73 Å². The van der Waals surface area contributed by atoms with Crippen LogP contribution in [0.3, 0.4) is 0 Å². The molecule has 0 saturated heterocycles. The molecule has 0 aliphatic heterocycles. The first-order valence-corrected chi connectivity index (χ1v) is 5.08. The Labute approximate surface area is 89.6 Å². The fourth-order valence-electron chi connectivity index (χ4n) is 1.60. The third-order valence-corrected chi connectivity index (χ3v) is 2.59. The van der Waals surface area contributed by atoms with E-state index in [9.17, 15) is 0 Å². The predicted molar refractivity (Wildman–Crippen MR) is 60.4 cm³/mol. The maximum Gasteiger partial charge on any atom is 0.0955 e. The van der Waals surface area contributed by atoms with Crippen LogP contribution in [0.4, 0.5) is 0 Å². The molecule has 3 heteroatoms. The number of aromatic nitrogens is 2. The molecule has 3 nitrogen and oxygen atoms in total. The zero-order valence-electron chi connectivity index (χ0n) is 8.80. The number of rotatable bonds is 3. The van der Waals surface area contributed by atoms with Crippen LogP contribution in [0.2, 0.25) is 0 Å². The molecule has 0 fully saturated rings. The van der Waals surface area contributed by atoms with Gasteiger partial charge in [-0.15, -0.1) is 0 Å². The molecule has 0 amide bonds. The number of hydrogen-bond acceptors (Lipinski definition) is 2. The Balaban J connectivity index is 2.24. The van der Waals surface area contributed by atoms with E-state index in [0.29, 0.717) is 12.6 Å². The Kier molecular flexibility index (Phi) is 2.83. The van der Waals surface area contributed by atoms with Gasteiger partial charge < -0.3 is 10.3 Å². The van der Waals surface area contributed by atoms with Crippen LogP contribution in [-0.2, 0) is 6.54 Å². The second-order valence-corrected chi connectivity index (χ2v) is 3.60. The Bertz CT molecular complexity index is 419. The number of hydrogen-bond donors (Lipinski definition) is 1. The fourth-order valence-corrected chi connectivity index (χ4v) is 1.60. The second-order valence-electron chi connectivity index (χ2n) is 3.60. The van der Waals surface area contributed by atoms with Crippen LogP contribution in [0.15, 0.2) is 42.9 Å². The topological polar surface area (TPSA) is 43.8 Å². The summed E-state index contributed by atoms with van der Waals surface area (Å²) in [7, 11) is 0. The molecule has 1 atom stereocenters. The monoisotopic (exact) mass is 201 g/mol. The Morgan fingerprint density at radius 2 is 2.07 bits per heavy atom. The van der Waals surface area contributed by atoms with E-state index >= 15 is 0 Å². The fraction of sp³-hybridized carbons (Fsp3) is 0.250. The van der Waals surface area contributed by atoms with E-state index in [1.54, 1.807) is 0 Å². The van der Waals surface area contributed by atoms with Gasteiger partial charge in [0.15, 0.2) is 0 Å². The normalized spacial score (nSPS) is 12.7. The molecule has 0 spiro atoms. The number of nitrogens with zero attached hydrogens (tertiary/aromatic N) is 2. The van der Waals surface area contributed by atoms with Gasteiger partial charge in [-0.25, -0.2) is 4.98 Å². The highest BCUT2D eigenvalue weighted by Gasteiger charge is 2.07. The second kappa shape index (κ2) is 4.28. The molecule has 0 radical (unpaired) electrons. The molecular formula is C12H15N3. The summed E-state index contributed by atoms with van der Waals surface area (Å²) in [6.07, 6.45) is 3.83. The SMILES string of the molecule is CC(c1ccccc1)n1cnc(CN)c1. The molecule has 1 aromatic heterocycles. The lowest BCUT2D eigenvalue weighted by Gasteiger charge is -2.12. The summed E-state index contributed by atoms with van der Waals surface area (Å²) in [6.45, 7) is 2.64. The molecule has 2 aromatic rings. The highest BCUT2D eigenvalue weighted by molar-refractivity contribution is 5.19. The number of benzene rings is 1. The van der Waals surface area contributed by atoms with Crippen molar-refractivity contribution in [3.05, 3.63) is 54.1 Å². The molecule has 0 aliphatic rings. The molecule has 2 rings (SSSR count). The highest BCUT2D eigenvalue weighted by Crippen LogP contribution is 2.17. The molecule has 78 valence electrons. The Morgan fingerprint density at radius 3 is 2.67 bits per heavy atom. The van der Waals surface area contributed by atoms with Crippen molar-refractivity contribution in [3.63, 3.8) is 0 Å². The van der Waals surface area contributed by atoms with Crippen LogP contribution in [-0.4, -0.2) is 9.55 Å². The van der Waals surface area contributed by atoms with Gasteiger partial charge in [-0.1, -0.05) is 30.3 Å². The van der Waals surface area contributed by atoms with Gasteiger partial charge in [-0.05, 0) is 12.5 Å². The van der Waals surface area contributed by atoms with E-state index in [1.165, 1.54) is 5.56 Å². The van der Waals surface area contributed by atoms with Crippen molar-refractivity contribution in [1.82, 2.24) is 9.55 Å². The first-order valence-electron chi connectivity index (χ1n) is 5.08. The van der Waals surface area contributed by atoms with E-state index in [-0.39, 0.29) is 0 Å². The van der Waals surface area contributed by atoms with E-state index in [2.05, 4.69) is 28.6 Å². The van der Waals surface area contributed by atoms with Gasteiger partial charge in [0.1, 0.15) is 0 Å². The molecule has 2 N–H and O–H groups in total. The lowest BCUT2D eigenvalue weighted by atomic mass is 10.1. The van der Waals surface area contributed by atoms with Crippen molar-refractivity contribution in [3.8, 4) is 0 Å². The molecule has 0 aliphatic carbocycles. The molecular weight excluding hydrogens is 186 g/mol. The summed E-state index contributed by atoms with van der Waals surface area (Å²) in [4.78, 5) is 4.22. The highest BCUT2D eigenvalue weighted by atomic mass is 15.1. The standard InChI is InChI=1S/C12H15N3/c1-10(11-5-3-2-4-6-11)15-8-12(7-13)14-9-15/h2-6,8-10H,7,13H2,1H3. The zero-order chi connectivity index (χ0) is 10.7. The minimum Gasteiger partial charge on any atom is -0.330 e. The molecule has 0 saturated carbocycles.